The number of amides is 1. The highest BCUT2D eigenvalue weighted by Crippen LogP contribution is 2.33. The first kappa shape index (κ1) is 21.7. The standard InChI is InChI=1S/C19H17Cl2FN2O4/c1-2-27-18(26)11-28-19-15(20)7-13(8-16(19)21)10-23-24-17(25)9-12-3-5-14(22)6-4-12/h3-8,10H,2,9,11H2,1H3,(H,24,25)/b23-10+. The molecule has 0 saturated carbocycles. The van der Waals surface area contributed by atoms with E-state index in [1.54, 1.807) is 6.92 Å². The maximum Gasteiger partial charge on any atom is 0.344 e. The fraction of sp³-hybridized carbons (Fsp3) is 0.211. The zero-order valence-electron chi connectivity index (χ0n) is 14.9. The van der Waals surface area contributed by atoms with Crippen LogP contribution in [-0.4, -0.2) is 31.3 Å². The molecule has 1 N–H and O–H groups in total. The number of carbonyl (C=O) groups is 2. The van der Waals surface area contributed by atoms with Gasteiger partial charge in [-0.25, -0.2) is 14.6 Å². The Labute approximate surface area is 171 Å². The van der Waals surface area contributed by atoms with Gasteiger partial charge in [0, 0.05) is 0 Å². The summed E-state index contributed by atoms with van der Waals surface area (Å²) in [5.41, 5.74) is 3.53. The Morgan fingerprint density at radius 3 is 2.43 bits per heavy atom. The maximum absolute atomic E-state index is 12.9. The summed E-state index contributed by atoms with van der Waals surface area (Å²) in [4.78, 5) is 23.2. The lowest BCUT2D eigenvalue weighted by Gasteiger charge is -2.10. The Bertz CT molecular complexity index is 850. The molecular formula is C19H17Cl2FN2O4. The molecule has 0 radical (unpaired) electrons. The van der Waals surface area contributed by atoms with Gasteiger partial charge in [-0.15, -0.1) is 0 Å². The van der Waals surface area contributed by atoms with E-state index in [2.05, 4.69) is 10.5 Å². The van der Waals surface area contributed by atoms with Crippen LogP contribution in [0.2, 0.25) is 10.0 Å². The third-order valence-electron chi connectivity index (χ3n) is 3.34. The fourth-order valence-electron chi connectivity index (χ4n) is 2.13. The van der Waals surface area contributed by atoms with Crippen molar-refractivity contribution in [2.45, 2.75) is 13.3 Å². The van der Waals surface area contributed by atoms with Crippen LogP contribution in [0.25, 0.3) is 0 Å². The molecule has 0 fully saturated rings. The van der Waals surface area contributed by atoms with Crippen molar-refractivity contribution in [2.24, 2.45) is 5.10 Å². The molecule has 0 heterocycles. The van der Waals surface area contributed by atoms with Crippen molar-refractivity contribution in [2.75, 3.05) is 13.2 Å². The molecule has 0 aliphatic carbocycles. The lowest BCUT2D eigenvalue weighted by atomic mass is 10.1. The van der Waals surface area contributed by atoms with Gasteiger partial charge in [0.25, 0.3) is 0 Å². The molecule has 0 aliphatic heterocycles. The second-order valence-corrected chi connectivity index (χ2v) is 6.32. The van der Waals surface area contributed by atoms with Crippen molar-refractivity contribution in [1.82, 2.24) is 5.43 Å². The molecule has 9 heteroatoms. The van der Waals surface area contributed by atoms with Gasteiger partial charge >= 0.3 is 5.97 Å². The van der Waals surface area contributed by atoms with E-state index in [0.717, 1.165) is 0 Å². The van der Waals surface area contributed by atoms with Gasteiger partial charge in [-0.05, 0) is 42.3 Å². The quantitative estimate of drug-likeness (QED) is 0.395. The van der Waals surface area contributed by atoms with Gasteiger partial charge in [-0.1, -0.05) is 35.3 Å². The second kappa shape index (κ2) is 10.6. The number of nitrogens with one attached hydrogen (secondary N) is 1. The minimum absolute atomic E-state index is 0.0553. The molecule has 2 aromatic rings. The molecule has 2 rings (SSSR count). The van der Waals surface area contributed by atoms with E-state index in [0.29, 0.717) is 11.1 Å². The molecule has 1 amide bonds. The van der Waals surface area contributed by atoms with Gasteiger partial charge in [0.15, 0.2) is 12.4 Å². The molecule has 0 saturated heterocycles. The van der Waals surface area contributed by atoms with Gasteiger partial charge in [0.1, 0.15) is 5.82 Å². The first-order valence-corrected chi connectivity index (χ1v) is 8.98. The Morgan fingerprint density at radius 1 is 1.18 bits per heavy atom. The number of hydrazone groups is 1. The summed E-state index contributed by atoms with van der Waals surface area (Å²) in [7, 11) is 0. The molecule has 0 aliphatic rings. The van der Waals surface area contributed by atoms with E-state index >= 15 is 0 Å². The van der Waals surface area contributed by atoms with Crippen molar-refractivity contribution >= 4 is 41.3 Å². The van der Waals surface area contributed by atoms with Crippen molar-refractivity contribution in [3.8, 4) is 5.75 Å². The first-order chi connectivity index (χ1) is 13.4. The predicted molar refractivity (Wildman–Crippen MR) is 104 cm³/mol. The Balaban J connectivity index is 1.93. The van der Waals surface area contributed by atoms with E-state index in [1.165, 1.54) is 42.6 Å². The molecule has 0 unspecified atom stereocenters. The van der Waals surface area contributed by atoms with Crippen LogP contribution in [-0.2, 0) is 20.7 Å². The topological polar surface area (TPSA) is 77.0 Å². The zero-order valence-corrected chi connectivity index (χ0v) is 16.4. The van der Waals surface area contributed by atoms with Gasteiger partial charge in [-0.3, -0.25) is 4.79 Å². The first-order valence-electron chi connectivity index (χ1n) is 8.23. The number of hydrogen-bond donors (Lipinski definition) is 1. The largest absolute Gasteiger partial charge is 0.479 e. The number of carbonyl (C=O) groups excluding carboxylic acids is 2. The number of esters is 1. The Kier molecular flexibility index (Phi) is 8.22. The van der Waals surface area contributed by atoms with Crippen molar-refractivity contribution < 1.29 is 23.5 Å². The van der Waals surface area contributed by atoms with Crippen LogP contribution in [0.15, 0.2) is 41.5 Å². The summed E-state index contributed by atoms with van der Waals surface area (Å²) in [6, 6.07) is 8.64. The van der Waals surface area contributed by atoms with Crippen molar-refractivity contribution in [3.05, 3.63) is 63.4 Å². The second-order valence-electron chi connectivity index (χ2n) is 5.50. The zero-order chi connectivity index (χ0) is 20.5. The maximum atomic E-state index is 12.9. The van der Waals surface area contributed by atoms with Crippen LogP contribution in [0.5, 0.6) is 5.75 Å². The van der Waals surface area contributed by atoms with Crippen LogP contribution >= 0.6 is 23.2 Å². The lowest BCUT2D eigenvalue weighted by molar-refractivity contribution is -0.145. The summed E-state index contributed by atoms with van der Waals surface area (Å²) in [6.07, 6.45) is 1.41. The number of benzene rings is 2. The minimum atomic E-state index is -0.538. The van der Waals surface area contributed by atoms with E-state index in [4.69, 9.17) is 32.7 Å². The fourth-order valence-corrected chi connectivity index (χ4v) is 2.74. The third-order valence-corrected chi connectivity index (χ3v) is 3.90. The Hall–Kier alpha value is -2.64. The number of ether oxygens (including phenoxy) is 2. The van der Waals surface area contributed by atoms with Crippen molar-refractivity contribution in [1.29, 1.82) is 0 Å². The average Bonchev–Trinajstić information content (AvgIpc) is 2.63. The molecule has 0 atom stereocenters. The summed E-state index contributed by atoms with van der Waals surface area (Å²) in [5.74, 6) is -1.13. The number of hydrogen-bond acceptors (Lipinski definition) is 5. The van der Waals surface area contributed by atoms with E-state index in [-0.39, 0.29) is 47.2 Å². The lowest BCUT2D eigenvalue weighted by Crippen LogP contribution is -2.19. The summed E-state index contributed by atoms with van der Waals surface area (Å²) in [6.45, 7) is 1.61. The normalized spacial score (nSPS) is 10.7. The van der Waals surface area contributed by atoms with Crippen molar-refractivity contribution in [3.63, 3.8) is 0 Å². The monoisotopic (exact) mass is 426 g/mol. The number of rotatable bonds is 8. The molecule has 6 nitrogen and oxygen atoms in total. The van der Waals surface area contributed by atoms with Gasteiger partial charge in [0.2, 0.25) is 5.91 Å². The number of nitrogens with zero attached hydrogens (tertiary/aromatic N) is 1. The molecule has 2 aromatic carbocycles. The summed E-state index contributed by atoms with van der Waals surface area (Å²) >= 11 is 12.2. The minimum Gasteiger partial charge on any atom is -0.479 e. The summed E-state index contributed by atoms with van der Waals surface area (Å²) in [5, 5.41) is 4.19. The highest BCUT2D eigenvalue weighted by atomic mass is 35.5. The highest BCUT2D eigenvalue weighted by Gasteiger charge is 2.12. The summed E-state index contributed by atoms with van der Waals surface area (Å²) < 4.78 is 22.9. The van der Waals surface area contributed by atoms with E-state index < -0.39 is 5.97 Å². The molecular weight excluding hydrogens is 410 g/mol. The van der Waals surface area contributed by atoms with Crippen LogP contribution in [0, 0.1) is 5.82 Å². The molecule has 148 valence electrons. The van der Waals surface area contributed by atoms with E-state index in [1.807, 2.05) is 0 Å². The Morgan fingerprint density at radius 2 is 1.82 bits per heavy atom. The van der Waals surface area contributed by atoms with Gasteiger partial charge < -0.3 is 9.47 Å². The highest BCUT2D eigenvalue weighted by molar-refractivity contribution is 6.37. The average molecular weight is 427 g/mol. The van der Waals surface area contributed by atoms with E-state index in [9.17, 15) is 14.0 Å². The molecule has 0 spiro atoms. The molecule has 0 aromatic heterocycles. The van der Waals surface area contributed by atoms with Crippen LogP contribution in [0.1, 0.15) is 18.1 Å². The molecule has 0 bridgehead atoms. The third kappa shape index (κ3) is 6.83. The predicted octanol–water partition coefficient (Wildman–Crippen LogP) is 3.77. The SMILES string of the molecule is CCOC(=O)COc1c(Cl)cc(/C=N/NC(=O)Cc2ccc(F)cc2)cc1Cl. The molecule has 28 heavy (non-hydrogen) atoms. The van der Waals surface area contributed by atoms with Crippen LogP contribution in [0.3, 0.4) is 0 Å². The van der Waals surface area contributed by atoms with Crippen LogP contribution in [0.4, 0.5) is 4.39 Å². The van der Waals surface area contributed by atoms with Gasteiger partial charge in [-0.2, -0.15) is 5.10 Å². The van der Waals surface area contributed by atoms with Gasteiger partial charge in [0.05, 0.1) is 29.3 Å². The number of halogens is 3. The smallest absolute Gasteiger partial charge is 0.344 e. The van der Waals surface area contributed by atoms with Crippen LogP contribution < -0.4 is 10.2 Å².